The van der Waals surface area contributed by atoms with Gasteiger partial charge in [0.05, 0.1) is 0 Å². The van der Waals surface area contributed by atoms with Gasteiger partial charge in [0.2, 0.25) is 0 Å². The van der Waals surface area contributed by atoms with E-state index in [1.54, 1.807) is 18.2 Å². The fourth-order valence-electron chi connectivity index (χ4n) is 0.905. The molecule has 0 fully saturated rings. The molecule has 0 aliphatic carbocycles. The van der Waals surface area contributed by atoms with E-state index in [1.165, 1.54) is 6.92 Å². The van der Waals surface area contributed by atoms with Crippen molar-refractivity contribution in [1.29, 1.82) is 0 Å². The van der Waals surface area contributed by atoms with Gasteiger partial charge in [-0.1, -0.05) is 34.7 Å². The lowest BCUT2D eigenvalue weighted by atomic mass is 10.2. The van der Waals surface area contributed by atoms with Crippen molar-refractivity contribution in [3.63, 3.8) is 0 Å². The van der Waals surface area contributed by atoms with Crippen LogP contribution in [0.25, 0.3) is 0 Å². The van der Waals surface area contributed by atoms with Crippen LogP contribution in [-0.2, 0) is 9.63 Å². The quantitative estimate of drug-likeness (QED) is 0.388. The maximum Gasteiger partial charge on any atom is 0.353 e. The van der Waals surface area contributed by atoms with Crippen LogP contribution in [0.2, 0.25) is 5.02 Å². The van der Waals surface area contributed by atoms with Crippen LogP contribution < -0.4 is 0 Å². The van der Waals surface area contributed by atoms with Gasteiger partial charge in [0.1, 0.15) is 0 Å². The van der Waals surface area contributed by atoms with Crippen LogP contribution in [-0.4, -0.2) is 23.4 Å². The first kappa shape index (κ1) is 13.1. The molecule has 0 bridgehead atoms. The molecule has 0 atom stereocenters. The van der Waals surface area contributed by atoms with Gasteiger partial charge in [-0.15, -0.1) is 0 Å². The summed E-state index contributed by atoms with van der Waals surface area (Å²) in [6.45, 7) is 1.36. The highest BCUT2D eigenvalue weighted by atomic mass is 35.5. The zero-order valence-electron chi connectivity index (χ0n) is 9.11. The number of nitrogens with zero attached hydrogens (tertiary/aromatic N) is 1. The molecular weight excluding hydrogens is 242 g/mol. The molecular formula is C12H10ClNO3. The second kappa shape index (κ2) is 6.56. The Labute approximate surface area is 104 Å². The number of hydrogen-bond acceptors (Lipinski definition) is 3. The first-order valence-electron chi connectivity index (χ1n) is 4.74. The van der Waals surface area contributed by atoms with Crippen LogP contribution in [0.1, 0.15) is 12.5 Å². The van der Waals surface area contributed by atoms with Gasteiger partial charge in [-0.25, -0.2) is 4.79 Å². The minimum Gasteiger partial charge on any atom is -0.477 e. The molecule has 0 saturated heterocycles. The molecule has 5 heteroatoms. The second-order valence-corrected chi connectivity index (χ2v) is 3.50. The van der Waals surface area contributed by atoms with Crippen LogP contribution in [0.3, 0.4) is 0 Å². The van der Waals surface area contributed by atoms with Gasteiger partial charge in [-0.3, -0.25) is 0 Å². The van der Waals surface area contributed by atoms with Crippen molar-refractivity contribution in [3.05, 3.63) is 34.9 Å². The number of aliphatic carboxylic acids is 1. The third-order valence-electron chi connectivity index (χ3n) is 1.71. The molecule has 17 heavy (non-hydrogen) atoms. The molecule has 1 aromatic rings. The van der Waals surface area contributed by atoms with E-state index in [0.717, 1.165) is 5.56 Å². The normalized spacial score (nSPS) is 10.4. The Kier molecular flexibility index (Phi) is 5.05. The van der Waals surface area contributed by atoms with Crippen molar-refractivity contribution < 1.29 is 14.7 Å². The smallest absolute Gasteiger partial charge is 0.353 e. The van der Waals surface area contributed by atoms with Crippen LogP contribution in [0.15, 0.2) is 29.4 Å². The maximum absolute atomic E-state index is 10.4. The highest BCUT2D eigenvalue weighted by molar-refractivity contribution is 6.34. The van der Waals surface area contributed by atoms with Crippen LogP contribution in [0.4, 0.5) is 0 Å². The molecule has 0 saturated carbocycles. The number of oxime groups is 1. The molecule has 1 aromatic carbocycles. The number of halogens is 1. The molecule has 0 aliphatic heterocycles. The minimum atomic E-state index is -1.12. The lowest BCUT2D eigenvalue weighted by Crippen LogP contribution is -2.08. The predicted molar refractivity (Wildman–Crippen MR) is 65.0 cm³/mol. The number of carboxylic acid groups (broad SMARTS) is 1. The minimum absolute atomic E-state index is 0.0249. The average molecular weight is 252 g/mol. The van der Waals surface area contributed by atoms with Gasteiger partial charge in [0.15, 0.2) is 12.3 Å². The number of benzene rings is 1. The summed E-state index contributed by atoms with van der Waals surface area (Å²) in [6.07, 6.45) is 0. The van der Waals surface area contributed by atoms with E-state index < -0.39 is 5.97 Å². The van der Waals surface area contributed by atoms with E-state index in [0.29, 0.717) is 5.02 Å². The van der Waals surface area contributed by atoms with Crippen molar-refractivity contribution in [2.75, 3.05) is 6.61 Å². The summed E-state index contributed by atoms with van der Waals surface area (Å²) in [7, 11) is 0. The van der Waals surface area contributed by atoms with Gasteiger partial charge >= 0.3 is 5.97 Å². The van der Waals surface area contributed by atoms with Crippen molar-refractivity contribution in [2.45, 2.75) is 6.92 Å². The summed E-state index contributed by atoms with van der Waals surface area (Å²) in [5, 5.41) is 12.5. The second-order valence-electron chi connectivity index (χ2n) is 3.07. The van der Waals surface area contributed by atoms with Gasteiger partial charge in [0, 0.05) is 10.6 Å². The standard InChI is InChI=1S/C12H10ClNO3/c1-9(12(15)16)14-17-7-3-5-10-4-2-6-11(13)8-10/h2,4,6,8H,7H2,1H3,(H,15,16)/b14-9-. The first-order valence-corrected chi connectivity index (χ1v) is 5.11. The Balaban J connectivity index is 2.47. The number of carbonyl (C=O) groups is 1. The van der Waals surface area contributed by atoms with E-state index >= 15 is 0 Å². The Morgan fingerprint density at radius 1 is 1.59 bits per heavy atom. The Morgan fingerprint density at radius 3 is 3.00 bits per heavy atom. The highest BCUT2D eigenvalue weighted by Gasteiger charge is 2.00. The Bertz CT molecular complexity index is 500. The third kappa shape index (κ3) is 5.05. The summed E-state index contributed by atoms with van der Waals surface area (Å²) in [5.74, 6) is 4.39. The predicted octanol–water partition coefficient (Wildman–Crippen LogP) is 2.17. The summed E-state index contributed by atoms with van der Waals surface area (Å²) < 4.78 is 0. The van der Waals surface area contributed by atoms with Crippen LogP contribution in [0, 0.1) is 11.8 Å². The van der Waals surface area contributed by atoms with Crippen molar-refractivity contribution in [2.24, 2.45) is 5.16 Å². The summed E-state index contributed by atoms with van der Waals surface area (Å²) in [6, 6.07) is 7.08. The largest absolute Gasteiger partial charge is 0.477 e. The van der Waals surface area contributed by atoms with Crippen molar-refractivity contribution >= 4 is 23.3 Å². The maximum atomic E-state index is 10.4. The van der Waals surface area contributed by atoms with Gasteiger partial charge in [0.25, 0.3) is 0 Å². The fourth-order valence-corrected chi connectivity index (χ4v) is 1.10. The SMILES string of the molecule is C/C(=N/OCC#Cc1cccc(Cl)c1)C(=O)O. The number of hydrogen-bond donors (Lipinski definition) is 1. The average Bonchev–Trinajstić information content (AvgIpc) is 2.28. The van der Waals surface area contributed by atoms with E-state index in [4.69, 9.17) is 21.5 Å². The van der Waals surface area contributed by atoms with E-state index in [1.807, 2.05) is 6.07 Å². The van der Waals surface area contributed by atoms with E-state index in [9.17, 15) is 4.79 Å². The van der Waals surface area contributed by atoms with Crippen LogP contribution in [0.5, 0.6) is 0 Å². The van der Waals surface area contributed by atoms with Gasteiger partial charge < -0.3 is 9.94 Å². The zero-order chi connectivity index (χ0) is 12.7. The summed E-state index contributed by atoms with van der Waals surface area (Å²) >= 11 is 5.78. The van der Waals surface area contributed by atoms with Crippen LogP contribution >= 0.6 is 11.6 Å². The Morgan fingerprint density at radius 2 is 2.35 bits per heavy atom. The molecule has 1 rings (SSSR count). The summed E-state index contributed by atoms with van der Waals surface area (Å²) in [5.41, 5.74) is 0.648. The first-order chi connectivity index (χ1) is 8.09. The number of rotatable bonds is 3. The monoisotopic (exact) mass is 251 g/mol. The highest BCUT2D eigenvalue weighted by Crippen LogP contribution is 2.09. The van der Waals surface area contributed by atoms with Gasteiger partial charge in [-0.05, 0) is 25.1 Å². The molecule has 0 unspecified atom stereocenters. The zero-order valence-corrected chi connectivity index (χ0v) is 9.86. The molecule has 0 radical (unpaired) electrons. The number of carboxylic acids is 1. The van der Waals surface area contributed by atoms with Crippen molar-refractivity contribution in [3.8, 4) is 11.8 Å². The fraction of sp³-hybridized carbons (Fsp3) is 0.167. The molecule has 88 valence electrons. The lowest BCUT2D eigenvalue weighted by Gasteiger charge is -1.93. The molecule has 0 aliphatic rings. The lowest BCUT2D eigenvalue weighted by molar-refractivity contribution is -0.129. The van der Waals surface area contributed by atoms with E-state index in [-0.39, 0.29) is 12.3 Å². The van der Waals surface area contributed by atoms with Gasteiger partial charge in [-0.2, -0.15) is 0 Å². The molecule has 0 spiro atoms. The third-order valence-corrected chi connectivity index (χ3v) is 1.94. The molecule has 0 amide bonds. The van der Waals surface area contributed by atoms with E-state index in [2.05, 4.69) is 17.0 Å². The summed E-state index contributed by atoms with van der Waals surface area (Å²) in [4.78, 5) is 15.1. The Hall–Kier alpha value is -1.99. The topological polar surface area (TPSA) is 58.9 Å². The molecule has 1 N–H and O–H groups in total. The molecule has 0 aromatic heterocycles. The molecule has 4 nitrogen and oxygen atoms in total. The molecule has 0 heterocycles. The van der Waals surface area contributed by atoms with Crippen molar-refractivity contribution in [1.82, 2.24) is 0 Å².